The van der Waals surface area contributed by atoms with Crippen LogP contribution in [-0.2, 0) is 5.41 Å². The minimum atomic E-state index is 0.222. The van der Waals surface area contributed by atoms with Gasteiger partial charge in [0.05, 0.1) is 75.5 Å². The van der Waals surface area contributed by atoms with Gasteiger partial charge in [-0.1, -0.05) is 171 Å². The number of para-hydroxylation sites is 1. The number of benzene rings is 7. The number of imidazole rings is 3. The first kappa shape index (κ1) is 82.6. The molecule has 0 fully saturated rings. The van der Waals surface area contributed by atoms with E-state index in [0.717, 1.165) is 16.6 Å². The largest absolute Gasteiger partial charge is 0.345 e. The van der Waals surface area contributed by atoms with Crippen LogP contribution >= 0.6 is 0 Å². The maximum absolute atomic E-state index is 4.52. The van der Waals surface area contributed by atoms with E-state index in [1.165, 1.54) is 99.1 Å². The van der Waals surface area contributed by atoms with Gasteiger partial charge in [-0.2, -0.15) is 10.2 Å². The number of fused-ring (bicyclic) bond motifs is 7. The summed E-state index contributed by atoms with van der Waals surface area (Å²) in [7, 11) is 0. The summed E-state index contributed by atoms with van der Waals surface area (Å²) >= 11 is 0. The maximum Gasteiger partial charge on any atom is 0.0960 e. The molecule has 0 aliphatic heterocycles. The second-order valence-corrected chi connectivity index (χ2v) is 33.8. The molecule has 7 aromatic carbocycles. The zero-order valence-electron chi connectivity index (χ0n) is 70.2. The Morgan fingerprint density at radius 2 is 0.726 bits per heavy atom. The SMILES string of the molecule is CC(C)c1ccc2c(c1)ncn2C(C)C.CC(C)c1ccc2c(cnn2C(C)C)c1.CC(C)c1ccc2ncn(C(C)C)c2c1.CC(C)c1cccc2c1ccn2C(C)C.CC(C)c1cccc2c1cnn2C(C)C.CC(C)c1cccc2c1ncn2C(C)C.CC(C)n1ccc2ccc(C(C)(C)C)cc21. The lowest BCUT2D eigenvalue weighted by Crippen LogP contribution is -2.11. The molecule has 0 radical (unpaired) electrons. The maximum atomic E-state index is 4.52. The molecule has 0 spiro atoms. The van der Waals surface area contributed by atoms with Crippen LogP contribution in [0, 0.1) is 0 Å². The van der Waals surface area contributed by atoms with Crippen LogP contribution in [0.4, 0.5) is 0 Å². The molecule has 0 saturated heterocycles. The van der Waals surface area contributed by atoms with Crippen molar-refractivity contribution in [1.82, 2.24) is 57.3 Å². The first-order valence-electron chi connectivity index (χ1n) is 39.5. The van der Waals surface area contributed by atoms with Crippen LogP contribution in [0.1, 0.15) is 318 Å². The molecule has 0 unspecified atom stereocenters. The molecular formula is C94H130N12. The highest BCUT2D eigenvalue weighted by atomic mass is 15.3. The molecule has 12 nitrogen and oxygen atoms in total. The van der Waals surface area contributed by atoms with E-state index in [1.54, 1.807) is 0 Å². The van der Waals surface area contributed by atoms with Gasteiger partial charge in [-0.25, -0.2) is 15.0 Å². The van der Waals surface area contributed by atoms with Crippen LogP contribution < -0.4 is 0 Å². The smallest absolute Gasteiger partial charge is 0.0960 e. The molecule has 0 saturated carbocycles. The molecule has 0 N–H and O–H groups in total. The molecule has 0 amide bonds. The molecule has 7 heterocycles. The summed E-state index contributed by atoms with van der Waals surface area (Å²) in [4.78, 5) is 13.4. The van der Waals surface area contributed by atoms with Gasteiger partial charge in [0.15, 0.2) is 0 Å². The van der Waals surface area contributed by atoms with E-state index in [-0.39, 0.29) is 5.41 Å². The summed E-state index contributed by atoms with van der Waals surface area (Å²) in [6, 6.07) is 53.8. The molecule has 0 aliphatic rings. The summed E-state index contributed by atoms with van der Waals surface area (Å²) in [6.07, 6.45) is 14.1. The van der Waals surface area contributed by atoms with E-state index in [0.29, 0.717) is 77.8 Å². The van der Waals surface area contributed by atoms with Crippen molar-refractivity contribution >= 4 is 76.7 Å². The Morgan fingerprint density at radius 3 is 1.27 bits per heavy atom. The Balaban J connectivity index is 0.000000156. The van der Waals surface area contributed by atoms with Crippen LogP contribution in [0.2, 0.25) is 0 Å². The third kappa shape index (κ3) is 19.8. The fraction of sp³-hybridized carbons (Fsp3) is 0.457. The second kappa shape index (κ2) is 36.0. The number of nitrogens with zero attached hydrogens (tertiary/aromatic N) is 12. The average Bonchev–Trinajstić information content (AvgIpc) is 1.65. The average molecular weight is 1430 g/mol. The monoisotopic (exact) mass is 1430 g/mol. The molecule has 7 aromatic heterocycles. The number of aromatic nitrogens is 12. The third-order valence-electron chi connectivity index (χ3n) is 20.1. The van der Waals surface area contributed by atoms with Crippen LogP contribution in [0.5, 0.6) is 0 Å². The van der Waals surface area contributed by atoms with Crippen molar-refractivity contribution in [3.8, 4) is 0 Å². The lowest BCUT2D eigenvalue weighted by Gasteiger charge is -2.20. The van der Waals surface area contributed by atoms with Gasteiger partial charge in [-0.05, 0) is 255 Å². The first-order valence-corrected chi connectivity index (χ1v) is 39.5. The van der Waals surface area contributed by atoms with Crippen molar-refractivity contribution in [1.29, 1.82) is 0 Å². The fourth-order valence-electron chi connectivity index (χ4n) is 13.7. The lowest BCUT2D eigenvalue weighted by atomic mass is 9.87. The van der Waals surface area contributed by atoms with Crippen LogP contribution in [0.3, 0.4) is 0 Å². The predicted octanol–water partition coefficient (Wildman–Crippen LogP) is 27.6. The van der Waals surface area contributed by atoms with E-state index in [9.17, 15) is 0 Å². The summed E-state index contributed by atoms with van der Waals surface area (Å²) in [6.45, 7) is 64.1. The van der Waals surface area contributed by atoms with Gasteiger partial charge in [0.2, 0.25) is 0 Å². The predicted molar refractivity (Wildman–Crippen MR) is 458 cm³/mol. The van der Waals surface area contributed by atoms with Gasteiger partial charge in [0, 0.05) is 81.9 Å². The Bertz CT molecular complexity index is 4760. The zero-order valence-corrected chi connectivity index (χ0v) is 70.2. The van der Waals surface area contributed by atoms with E-state index >= 15 is 0 Å². The van der Waals surface area contributed by atoms with Crippen LogP contribution in [0.15, 0.2) is 183 Å². The van der Waals surface area contributed by atoms with Gasteiger partial charge in [0.25, 0.3) is 0 Å². The second-order valence-electron chi connectivity index (χ2n) is 33.8. The van der Waals surface area contributed by atoms with Crippen molar-refractivity contribution in [3.05, 3.63) is 222 Å². The minimum Gasteiger partial charge on any atom is -0.345 e. The molecular weight excluding hydrogens is 1300 g/mol. The first-order chi connectivity index (χ1) is 50.0. The number of rotatable bonds is 13. The van der Waals surface area contributed by atoms with Crippen molar-refractivity contribution in [2.45, 2.75) is 284 Å². The quantitative estimate of drug-likeness (QED) is 0.115. The van der Waals surface area contributed by atoms with Gasteiger partial charge in [-0.3, -0.25) is 9.36 Å². The molecule has 12 heteroatoms. The van der Waals surface area contributed by atoms with E-state index in [2.05, 4.69) is 410 Å². The Morgan fingerprint density at radius 1 is 0.283 bits per heavy atom. The third-order valence-corrected chi connectivity index (χ3v) is 20.1. The van der Waals surface area contributed by atoms with E-state index in [4.69, 9.17) is 0 Å². The highest BCUT2D eigenvalue weighted by molar-refractivity contribution is 5.86. The highest BCUT2D eigenvalue weighted by Crippen LogP contribution is 2.33. The Labute approximate surface area is 636 Å². The Hall–Kier alpha value is -9.03. The summed E-state index contributed by atoms with van der Waals surface area (Å²) < 4.78 is 15.5. The van der Waals surface area contributed by atoms with E-state index < -0.39 is 0 Å². The summed E-state index contributed by atoms with van der Waals surface area (Å²) in [5.74, 6) is 3.40. The molecule has 14 rings (SSSR count). The minimum absolute atomic E-state index is 0.222. The summed E-state index contributed by atoms with van der Waals surface area (Å²) in [5, 5.41) is 14.1. The number of hydrogen-bond acceptors (Lipinski definition) is 5. The van der Waals surface area contributed by atoms with Gasteiger partial charge >= 0.3 is 0 Å². The van der Waals surface area contributed by atoms with E-state index in [1.807, 2.05) is 31.4 Å². The standard InChI is InChI=1S/C15H21N.C14H19N.5C13H18N2/c1-11(2)16-9-8-12-6-7-13(10-14(12)16)15(3,4)5;1-10(2)12-6-5-7-14-13(12)8-9-15(14)11(3)4;1-9(2)11-5-6-13-12(7-11)14-8-15(13)10(3)4;1-9(2)11-5-6-13-12(7-11)8-14-15(13)10(3)4;1-9(2)11-5-6-12-13(7-11)15(8-14-12)10(3)4;1-9(2)11-6-5-7-13-12(11)8-14-15(13)10(3)4;1-9(2)11-6-5-7-12-13(11)14-8-15(12)10(3)4/h6-11H,1-5H3;5-11H,1-4H3;5*5-10H,1-4H3. The van der Waals surface area contributed by atoms with Crippen LogP contribution in [-0.4, -0.2) is 57.3 Å². The lowest BCUT2D eigenvalue weighted by molar-refractivity contribution is 0.551. The molecule has 106 heavy (non-hydrogen) atoms. The van der Waals surface area contributed by atoms with Crippen molar-refractivity contribution < 1.29 is 0 Å². The molecule has 0 aliphatic carbocycles. The molecule has 0 bridgehead atoms. The zero-order chi connectivity index (χ0) is 77.9. The fourth-order valence-corrected chi connectivity index (χ4v) is 13.7. The number of hydrogen-bond donors (Lipinski definition) is 0. The van der Waals surface area contributed by atoms with Gasteiger partial charge in [-0.15, -0.1) is 0 Å². The van der Waals surface area contributed by atoms with Gasteiger partial charge < -0.3 is 22.8 Å². The van der Waals surface area contributed by atoms with Gasteiger partial charge in [0.1, 0.15) is 0 Å². The molecule has 14 aromatic rings. The topological polar surface area (TPSA) is 99.0 Å². The molecule has 0 atom stereocenters. The highest BCUT2D eigenvalue weighted by Gasteiger charge is 2.18. The van der Waals surface area contributed by atoms with Crippen molar-refractivity contribution in [2.75, 3.05) is 0 Å². The summed E-state index contributed by atoms with van der Waals surface area (Å²) in [5.41, 5.74) is 22.2. The van der Waals surface area contributed by atoms with Crippen molar-refractivity contribution in [2.24, 2.45) is 0 Å². The molecule has 566 valence electrons. The van der Waals surface area contributed by atoms with Crippen LogP contribution in [0.25, 0.3) is 76.7 Å². The van der Waals surface area contributed by atoms with Crippen molar-refractivity contribution in [3.63, 3.8) is 0 Å². The normalized spacial score (nSPS) is 12.0. The Kier molecular flexibility index (Phi) is 28.1.